The van der Waals surface area contributed by atoms with Crippen LogP contribution in [0.5, 0.6) is 11.5 Å². The number of aryl methyl sites for hydroxylation is 1. The number of benzene rings is 3. The molecule has 0 saturated carbocycles. The van der Waals surface area contributed by atoms with Gasteiger partial charge in [-0.05, 0) is 49.1 Å². The third kappa shape index (κ3) is 4.88. The number of fused-ring (bicyclic) bond motifs is 1. The lowest BCUT2D eigenvalue weighted by molar-refractivity contribution is -0.117. The summed E-state index contributed by atoms with van der Waals surface area (Å²) in [7, 11) is 0. The molecule has 7 heteroatoms. The van der Waals surface area contributed by atoms with E-state index in [0.717, 1.165) is 23.4 Å². The molecule has 172 valence electrons. The van der Waals surface area contributed by atoms with Crippen molar-refractivity contribution >= 4 is 33.7 Å². The van der Waals surface area contributed by atoms with Crippen LogP contribution in [0, 0.1) is 0 Å². The average Bonchev–Trinajstić information content (AvgIpc) is 2.86. The van der Waals surface area contributed by atoms with Crippen LogP contribution in [0.25, 0.3) is 10.8 Å². The van der Waals surface area contributed by atoms with Gasteiger partial charge in [0.2, 0.25) is 5.78 Å². The van der Waals surface area contributed by atoms with E-state index in [1.807, 2.05) is 43.3 Å². The third-order valence-electron chi connectivity index (χ3n) is 5.50. The van der Waals surface area contributed by atoms with Crippen molar-refractivity contribution in [2.75, 3.05) is 6.61 Å². The van der Waals surface area contributed by atoms with Gasteiger partial charge in [-0.1, -0.05) is 43.3 Å². The molecule has 0 heterocycles. The second-order valence-corrected chi connectivity index (χ2v) is 7.89. The maximum Gasteiger partial charge on any atom is 0.220 e. The van der Waals surface area contributed by atoms with Crippen LogP contribution in [0.4, 0.5) is 11.4 Å². The molecule has 0 saturated heterocycles. The minimum absolute atomic E-state index is 0.0358. The first-order chi connectivity index (χ1) is 16.5. The predicted molar refractivity (Wildman–Crippen MR) is 129 cm³/mol. The molecule has 3 aromatic rings. The minimum Gasteiger partial charge on any atom is -0.505 e. The Labute approximate surface area is 196 Å². The zero-order chi connectivity index (χ0) is 24.1. The van der Waals surface area contributed by atoms with Crippen molar-refractivity contribution in [1.82, 2.24) is 0 Å². The van der Waals surface area contributed by atoms with Crippen LogP contribution in [-0.2, 0) is 16.0 Å². The number of carbonyl (C=O) groups excluding carboxylic acids is 2. The van der Waals surface area contributed by atoms with Crippen molar-refractivity contribution in [2.24, 2.45) is 10.2 Å². The van der Waals surface area contributed by atoms with Crippen molar-refractivity contribution in [3.05, 3.63) is 83.6 Å². The molecule has 0 radical (unpaired) electrons. The topological polar surface area (TPSA) is 109 Å². The molecule has 2 N–H and O–H groups in total. The van der Waals surface area contributed by atoms with Crippen LogP contribution in [-0.4, -0.2) is 28.4 Å². The molecule has 0 unspecified atom stereocenters. The normalized spacial score (nSPS) is 13.9. The number of rotatable bonds is 8. The molecule has 0 aliphatic heterocycles. The van der Waals surface area contributed by atoms with Crippen LogP contribution in [0.2, 0.25) is 0 Å². The van der Waals surface area contributed by atoms with E-state index in [-0.39, 0.29) is 23.5 Å². The van der Waals surface area contributed by atoms with Gasteiger partial charge in [0.1, 0.15) is 11.4 Å². The Morgan fingerprint density at radius 3 is 2.29 bits per heavy atom. The van der Waals surface area contributed by atoms with E-state index < -0.39 is 11.5 Å². The monoisotopic (exact) mass is 456 g/mol. The van der Waals surface area contributed by atoms with E-state index in [1.54, 1.807) is 18.2 Å². The second kappa shape index (κ2) is 10.1. The highest BCUT2D eigenvalue weighted by molar-refractivity contribution is 6.18. The van der Waals surface area contributed by atoms with E-state index in [9.17, 15) is 19.8 Å². The van der Waals surface area contributed by atoms with Gasteiger partial charge in [-0.15, -0.1) is 5.11 Å². The number of ether oxygens (including phenoxy) is 1. The molecule has 3 aromatic carbocycles. The van der Waals surface area contributed by atoms with Crippen molar-refractivity contribution < 1.29 is 24.5 Å². The first kappa shape index (κ1) is 22.9. The highest BCUT2D eigenvalue weighted by atomic mass is 16.5. The van der Waals surface area contributed by atoms with Crippen LogP contribution in [0.15, 0.2) is 88.3 Å². The number of aliphatic hydroxyl groups excluding tert-OH is 1. The van der Waals surface area contributed by atoms with Crippen LogP contribution < -0.4 is 4.74 Å². The van der Waals surface area contributed by atoms with Crippen molar-refractivity contribution in [1.29, 1.82) is 0 Å². The second-order valence-electron chi connectivity index (χ2n) is 7.89. The lowest BCUT2D eigenvalue weighted by atomic mass is 9.95. The molecule has 4 rings (SSSR count). The zero-order valence-electron chi connectivity index (χ0n) is 18.7. The molecule has 0 bridgehead atoms. The zero-order valence-corrected chi connectivity index (χ0v) is 18.7. The fourth-order valence-electron chi connectivity index (χ4n) is 3.67. The van der Waals surface area contributed by atoms with Crippen LogP contribution in [0.3, 0.4) is 0 Å². The van der Waals surface area contributed by atoms with Crippen molar-refractivity contribution in [3.63, 3.8) is 0 Å². The number of allylic oxidation sites excluding steroid dienone is 3. The Kier molecular flexibility index (Phi) is 6.82. The van der Waals surface area contributed by atoms with Crippen molar-refractivity contribution in [2.45, 2.75) is 26.2 Å². The molecule has 0 aromatic heterocycles. The van der Waals surface area contributed by atoms with Gasteiger partial charge in [-0.25, -0.2) is 0 Å². The van der Waals surface area contributed by atoms with Gasteiger partial charge in [0, 0.05) is 22.4 Å². The number of phenols is 1. The molecule has 0 amide bonds. The summed E-state index contributed by atoms with van der Waals surface area (Å²) >= 11 is 0. The van der Waals surface area contributed by atoms with Crippen molar-refractivity contribution in [3.8, 4) is 11.5 Å². The molecular formula is C27H24N2O5. The molecule has 0 fully saturated rings. The summed E-state index contributed by atoms with van der Waals surface area (Å²) in [6.07, 6.45) is 3.85. The highest BCUT2D eigenvalue weighted by Crippen LogP contribution is 2.41. The molecule has 0 spiro atoms. The summed E-state index contributed by atoms with van der Waals surface area (Å²) in [6, 6.07) is 16.3. The highest BCUT2D eigenvalue weighted by Gasteiger charge is 2.21. The van der Waals surface area contributed by atoms with Crippen LogP contribution >= 0.6 is 0 Å². The number of ketones is 2. The van der Waals surface area contributed by atoms with E-state index in [1.165, 1.54) is 6.08 Å². The maximum atomic E-state index is 11.9. The number of azo groups is 1. The Hall–Kier alpha value is -4.26. The van der Waals surface area contributed by atoms with E-state index in [2.05, 4.69) is 10.2 Å². The predicted octanol–water partition coefficient (Wildman–Crippen LogP) is 6.20. The Bertz CT molecular complexity index is 1340. The number of nitrogens with zero attached hydrogens (tertiary/aromatic N) is 2. The molecule has 34 heavy (non-hydrogen) atoms. The number of hydrogen-bond donors (Lipinski definition) is 2. The molecule has 1 aliphatic rings. The van der Waals surface area contributed by atoms with Gasteiger partial charge >= 0.3 is 0 Å². The summed E-state index contributed by atoms with van der Waals surface area (Å²) in [6.45, 7) is 2.58. The average molecular weight is 456 g/mol. The number of aliphatic hydroxyl groups is 1. The summed E-state index contributed by atoms with van der Waals surface area (Å²) in [5.74, 6) is -0.697. The number of phenolic OH excluding ortho intramolecular Hbond substituents is 1. The van der Waals surface area contributed by atoms with E-state index >= 15 is 0 Å². The lowest BCUT2D eigenvalue weighted by Crippen LogP contribution is -2.14. The van der Waals surface area contributed by atoms with Gasteiger partial charge in [0.05, 0.1) is 12.3 Å². The quantitative estimate of drug-likeness (QED) is 0.310. The van der Waals surface area contributed by atoms with Gasteiger partial charge < -0.3 is 14.9 Å². The Morgan fingerprint density at radius 1 is 0.853 bits per heavy atom. The lowest BCUT2D eigenvalue weighted by Gasteiger charge is -2.11. The van der Waals surface area contributed by atoms with Gasteiger partial charge in [-0.3, -0.25) is 9.59 Å². The molecule has 7 nitrogen and oxygen atoms in total. The fourth-order valence-corrected chi connectivity index (χ4v) is 3.67. The third-order valence-corrected chi connectivity index (χ3v) is 5.50. The minimum atomic E-state index is -0.550. The Morgan fingerprint density at radius 2 is 1.56 bits per heavy atom. The first-order valence-corrected chi connectivity index (χ1v) is 11.0. The summed E-state index contributed by atoms with van der Waals surface area (Å²) in [5, 5.41) is 30.5. The standard InChI is InChI=1S/C27H24N2O5/c1-2-15-34-25-16-22(26(32)20-6-4-3-5-19(20)25)29-28-18-10-7-17(8-11-18)9-12-21-23(30)13-14-24(31)27(21)33/h3-8,10-11,13-14,16,32-33H,2,9,12,15H2,1H3/b29-28+. The summed E-state index contributed by atoms with van der Waals surface area (Å²) in [4.78, 5) is 23.5. The number of hydrogen-bond acceptors (Lipinski definition) is 7. The van der Waals surface area contributed by atoms with Gasteiger partial charge in [0.25, 0.3) is 0 Å². The molecular weight excluding hydrogens is 432 g/mol. The Balaban J connectivity index is 1.50. The van der Waals surface area contributed by atoms with E-state index in [0.29, 0.717) is 35.5 Å². The van der Waals surface area contributed by atoms with Crippen LogP contribution in [0.1, 0.15) is 25.3 Å². The van der Waals surface area contributed by atoms with Gasteiger partial charge in [-0.2, -0.15) is 5.11 Å². The summed E-state index contributed by atoms with van der Waals surface area (Å²) in [5.41, 5.74) is 1.94. The fraction of sp³-hybridized carbons (Fsp3) is 0.185. The van der Waals surface area contributed by atoms with E-state index in [4.69, 9.17) is 4.74 Å². The molecule has 0 atom stereocenters. The number of carbonyl (C=O) groups is 2. The van der Waals surface area contributed by atoms with Gasteiger partial charge in [0.15, 0.2) is 17.3 Å². The maximum absolute atomic E-state index is 11.9. The molecule has 1 aliphatic carbocycles. The first-order valence-electron chi connectivity index (χ1n) is 11.0. The largest absolute Gasteiger partial charge is 0.505 e. The summed E-state index contributed by atoms with van der Waals surface area (Å²) < 4.78 is 5.85. The smallest absolute Gasteiger partial charge is 0.220 e. The number of aromatic hydroxyl groups is 1. The SMILES string of the molecule is CCCOc1cc(/N=N/c2ccc(CCC3=C(O)C(=O)C=CC3=O)cc2)c(O)c2ccccc12.